The van der Waals surface area contributed by atoms with Crippen molar-refractivity contribution in [2.24, 2.45) is 17.4 Å². The van der Waals surface area contributed by atoms with Crippen LogP contribution in [0.15, 0.2) is 24.3 Å². The number of hydrogen-bond acceptors (Lipinski definition) is 8. The first-order valence-electron chi connectivity index (χ1n) is 11.5. The molecular weight excluding hydrogens is 458 g/mol. The van der Waals surface area contributed by atoms with Crippen molar-refractivity contribution in [1.29, 1.82) is 0 Å². The lowest BCUT2D eigenvalue weighted by Gasteiger charge is -2.26. The Bertz CT molecular complexity index is 847. The van der Waals surface area contributed by atoms with Gasteiger partial charge in [0.1, 0.15) is 23.9 Å². The monoisotopic (exact) mass is 495 g/mol. The third kappa shape index (κ3) is 10.3. The molecule has 4 atom stereocenters. The van der Waals surface area contributed by atoms with Crippen molar-refractivity contribution in [2.75, 3.05) is 13.2 Å². The van der Waals surface area contributed by atoms with Crippen molar-refractivity contribution in [3.63, 3.8) is 0 Å². The van der Waals surface area contributed by atoms with E-state index in [0.717, 1.165) is 0 Å². The molecule has 0 aromatic heterocycles. The van der Waals surface area contributed by atoms with E-state index in [1.807, 2.05) is 0 Å². The van der Waals surface area contributed by atoms with Gasteiger partial charge < -0.3 is 42.7 Å². The van der Waals surface area contributed by atoms with E-state index in [1.165, 1.54) is 24.3 Å². The standard InChI is InChI=1S/C23H37N5O7/c1-13(2)19(28-20(31)16(25)5-3-4-10-24)22(33)27-18(12-29)21(32)26-17(23(34)35)11-14-6-8-15(30)9-7-14/h6-9,13,16-19,29-30H,3-5,10-12,24-25H2,1-2H3,(H,26,32)(H,27,33)(H,28,31)(H,34,35). The molecule has 0 fully saturated rings. The van der Waals surface area contributed by atoms with Crippen molar-refractivity contribution < 1.29 is 34.5 Å². The molecule has 12 nitrogen and oxygen atoms in total. The van der Waals surface area contributed by atoms with Crippen LogP contribution in [0.2, 0.25) is 0 Å². The number of phenolic OH excluding ortho intramolecular Hbond substituents is 1. The minimum absolute atomic E-state index is 0.0102. The quantitative estimate of drug-likeness (QED) is 0.134. The zero-order valence-electron chi connectivity index (χ0n) is 20.1. The van der Waals surface area contributed by atoms with Crippen LogP contribution in [0.25, 0.3) is 0 Å². The van der Waals surface area contributed by atoms with Crippen molar-refractivity contribution >= 4 is 23.7 Å². The SMILES string of the molecule is CC(C)C(NC(=O)C(N)CCCCN)C(=O)NC(CO)C(=O)NC(Cc1ccc(O)cc1)C(=O)O. The number of carboxylic acid groups (broad SMARTS) is 1. The number of rotatable bonds is 15. The van der Waals surface area contributed by atoms with Gasteiger partial charge in [0.15, 0.2) is 0 Å². The third-order valence-electron chi connectivity index (χ3n) is 5.36. The van der Waals surface area contributed by atoms with Crippen molar-refractivity contribution in [3.8, 4) is 5.75 Å². The van der Waals surface area contributed by atoms with Crippen LogP contribution in [0.5, 0.6) is 5.75 Å². The summed E-state index contributed by atoms with van der Waals surface area (Å²) >= 11 is 0. The number of aliphatic carboxylic acids is 1. The van der Waals surface area contributed by atoms with E-state index >= 15 is 0 Å². The zero-order chi connectivity index (χ0) is 26.5. The van der Waals surface area contributed by atoms with E-state index in [1.54, 1.807) is 13.8 Å². The lowest BCUT2D eigenvalue weighted by Crippen LogP contribution is -2.59. The van der Waals surface area contributed by atoms with Gasteiger partial charge in [-0.3, -0.25) is 14.4 Å². The molecule has 12 heteroatoms. The predicted molar refractivity (Wildman–Crippen MR) is 128 cm³/mol. The summed E-state index contributed by atoms with van der Waals surface area (Å²) in [5, 5.41) is 35.7. The highest BCUT2D eigenvalue weighted by Gasteiger charge is 2.31. The number of carbonyl (C=O) groups is 4. The summed E-state index contributed by atoms with van der Waals surface area (Å²) in [5.41, 5.74) is 11.9. The van der Waals surface area contributed by atoms with Gasteiger partial charge in [-0.1, -0.05) is 32.4 Å². The van der Waals surface area contributed by atoms with Crippen LogP contribution < -0.4 is 27.4 Å². The second kappa shape index (κ2) is 14.9. The van der Waals surface area contributed by atoms with Crippen LogP contribution >= 0.6 is 0 Å². The van der Waals surface area contributed by atoms with Crippen molar-refractivity contribution in [3.05, 3.63) is 29.8 Å². The molecule has 0 spiro atoms. The maximum Gasteiger partial charge on any atom is 0.326 e. The molecule has 0 bridgehead atoms. The van der Waals surface area contributed by atoms with E-state index in [4.69, 9.17) is 11.5 Å². The first-order chi connectivity index (χ1) is 16.5. The molecule has 1 aromatic rings. The Balaban J connectivity index is 2.80. The average molecular weight is 496 g/mol. The third-order valence-corrected chi connectivity index (χ3v) is 5.36. The number of hydrogen-bond donors (Lipinski definition) is 8. The van der Waals surface area contributed by atoms with E-state index < -0.39 is 54.5 Å². The highest BCUT2D eigenvalue weighted by molar-refractivity contribution is 5.94. The number of aromatic hydroxyl groups is 1. The van der Waals surface area contributed by atoms with Crippen LogP contribution in [-0.2, 0) is 25.6 Å². The largest absolute Gasteiger partial charge is 0.508 e. The summed E-state index contributed by atoms with van der Waals surface area (Å²) in [4.78, 5) is 49.5. The minimum Gasteiger partial charge on any atom is -0.508 e. The molecule has 0 aliphatic rings. The molecule has 1 rings (SSSR count). The smallest absolute Gasteiger partial charge is 0.326 e. The summed E-state index contributed by atoms with van der Waals surface area (Å²) in [6, 6.07) is 1.15. The summed E-state index contributed by atoms with van der Waals surface area (Å²) < 4.78 is 0. The highest BCUT2D eigenvalue weighted by atomic mass is 16.4. The van der Waals surface area contributed by atoms with Gasteiger partial charge in [-0.15, -0.1) is 0 Å². The number of aliphatic hydroxyl groups excluding tert-OH is 1. The van der Waals surface area contributed by atoms with Crippen molar-refractivity contribution in [1.82, 2.24) is 16.0 Å². The Morgan fingerprint density at radius 2 is 1.51 bits per heavy atom. The second-order valence-corrected chi connectivity index (χ2v) is 8.63. The van der Waals surface area contributed by atoms with Crippen LogP contribution in [0.3, 0.4) is 0 Å². The lowest BCUT2D eigenvalue weighted by molar-refractivity contribution is -0.142. The van der Waals surface area contributed by atoms with Gasteiger partial charge in [0.2, 0.25) is 17.7 Å². The summed E-state index contributed by atoms with van der Waals surface area (Å²) in [5.74, 6) is -3.82. The topological polar surface area (TPSA) is 217 Å². The number of benzene rings is 1. The minimum atomic E-state index is -1.44. The van der Waals surface area contributed by atoms with Gasteiger partial charge in [0, 0.05) is 6.42 Å². The molecule has 3 amide bonds. The summed E-state index contributed by atoms with van der Waals surface area (Å²) in [7, 11) is 0. The molecule has 0 heterocycles. The number of phenols is 1. The van der Waals surface area contributed by atoms with Gasteiger partial charge in [-0.2, -0.15) is 0 Å². The first-order valence-corrected chi connectivity index (χ1v) is 11.5. The van der Waals surface area contributed by atoms with E-state index in [9.17, 15) is 34.5 Å². The van der Waals surface area contributed by atoms with Crippen LogP contribution in [0.1, 0.15) is 38.7 Å². The van der Waals surface area contributed by atoms with E-state index in [-0.39, 0.29) is 18.1 Å². The Kier molecular flexibility index (Phi) is 12.7. The van der Waals surface area contributed by atoms with Crippen LogP contribution in [0.4, 0.5) is 0 Å². The molecule has 1 aromatic carbocycles. The number of carbonyl (C=O) groups excluding carboxylic acids is 3. The Morgan fingerprint density at radius 1 is 0.914 bits per heavy atom. The maximum atomic E-state index is 12.8. The maximum absolute atomic E-state index is 12.8. The predicted octanol–water partition coefficient (Wildman–Crippen LogP) is -1.42. The Hall–Kier alpha value is -3.22. The van der Waals surface area contributed by atoms with E-state index in [0.29, 0.717) is 31.4 Å². The molecule has 0 saturated carbocycles. The fourth-order valence-corrected chi connectivity index (χ4v) is 3.23. The molecule has 0 radical (unpaired) electrons. The number of unbranched alkanes of at least 4 members (excludes halogenated alkanes) is 1. The number of carboxylic acids is 1. The molecule has 0 aliphatic heterocycles. The number of nitrogens with two attached hydrogens (primary N) is 2. The molecule has 0 saturated heterocycles. The summed E-state index contributed by atoms with van der Waals surface area (Å²) in [6.45, 7) is 3.07. The summed E-state index contributed by atoms with van der Waals surface area (Å²) in [6.07, 6.45) is 1.69. The van der Waals surface area contributed by atoms with Gasteiger partial charge in [0.25, 0.3) is 0 Å². The molecule has 10 N–H and O–H groups in total. The lowest BCUT2D eigenvalue weighted by atomic mass is 10.0. The molecule has 35 heavy (non-hydrogen) atoms. The van der Waals surface area contributed by atoms with Crippen LogP contribution in [-0.4, -0.2) is 76.3 Å². The van der Waals surface area contributed by atoms with Crippen LogP contribution in [0, 0.1) is 5.92 Å². The molecular formula is C23H37N5O7. The van der Waals surface area contributed by atoms with Gasteiger partial charge in [-0.25, -0.2) is 4.79 Å². The second-order valence-electron chi connectivity index (χ2n) is 8.63. The van der Waals surface area contributed by atoms with Gasteiger partial charge >= 0.3 is 5.97 Å². The van der Waals surface area contributed by atoms with Gasteiger partial charge in [-0.05, 0) is 43.0 Å². The highest BCUT2D eigenvalue weighted by Crippen LogP contribution is 2.12. The number of amides is 3. The van der Waals surface area contributed by atoms with Gasteiger partial charge in [0.05, 0.1) is 12.6 Å². The normalized spacial score (nSPS) is 14.5. The average Bonchev–Trinajstić information content (AvgIpc) is 2.81. The zero-order valence-corrected chi connectivity index (χ0v) is 20.1. The molecule has 4 unspecified atom stereocenters. The number of nitrogens with one attached hydrogen (secondary N) is 3. The molecule has 0 aliphatic carbocycles. The Morgan fingerprint density at radius 3 is 2.03 bits per heavy atom. The number of aliphatic hydroxyl groups is 1. The molecule has 196 valence electrons. The first kappa shape index (κ1) is 29.8. The Labute approximate surface area is 204 Å². The fourth-order valence-electron chi connectivity index (χ4n) is 3.23. The van der Waals surface area contributed by atoms with E-state index in [2.05, 4.69) is 16.0 Å². The van der Waals surface area contributed by atoms with Crippen molar-refractivity contribution in [2.45, 2.75) is 63.7 Å². The fraction of sp³-hybridized carbons (Fsp3) is 0.565.